The predicted octanol–water partition coefficient (Wildman–Crippen LogP) is 3.32. The fraction of sp³-hybridized carbons (Fsp3) is 0.500. The van der Waals surface area contributed by atoms with E-state index in [4.69, 9.17) is 0 Å². The molecule has 0 aliphatic rings. The Kier molecular flexibility index (Phi) is 6.89. The molecule has 0 radical (unpaired) electrons. The van der Waals surface area contributed by atoms with E-state index in [9.17, 15) is 9.59 Å². The highest BCUT2D eigenvalue weighted by molar-refractivity contribution is 9.10. The number of rotatable bonds is 6. The van der Waals surface area contributed by atoms with Crippen LogP contribution in [0.4, 0.5) is 5.69 Å². The van der Waals surface area contributed by atoms with Crippen molar-refractivity contribution in [3.63, 3.8) is 0 Å². The van der Waals surface area contributed by atoms with E-state index in [0.29, 0.717) is 6.54 Å². The summed E-state index contributed by atoms with van der Waals surface area (Å²) in [5, 5.41) is 5.72. The number of carbonyl (C=O) groups is 2. The maximum atomic E-state index is 11.8. The van der Waals surface area contributed by atoms with Gasteiger partial charge >= 0.3 is 0 Å². The van der Waals surface area contributed by atoms with Crippen molar-refractivity contribution in [3.8, 4) is 0 Å². The molecular formula is C16H23BrN2O2. The molecule has 5 heteroatoms. The van der Waals surface area contributed by atoms with E-state index in [1.807, 2.05) is 52.0 Å². The zero-order valence-electron chi connectivity index (χ0n) is 12.9. The van der Waals surface area contributed by atoms with Crippen LogP contribution >= 0.6 is 15.9 Å². The Morgan fingerprint density at radius 1 is 1.05 bits per heavy atom. The molecule has 2 N–H and O–H groups in total. The van der Waals surface area contributed by atoms with E-state index in [0.717, 1.165) is 11.3 Å². The molecule has 1 unspecified atom stereocenters. The Balaban J connectivity index is 2.52. The second-order valence-corrected chi connectivity index (χ2v) is 6.69. The summed E-state index contributed by atoms with van der Waals surface area (Å²) in [5.74, 6) is 0.187. The van der Waals surface area contributed by atoms with Gasteiger partial charge in [-0.3, -0.25) is 9.59 Å². The molecule has 4 nitrogen and oxygen atoms in total. The minimum absolute atomic E-state index is 0.00452. The summed E-state index contributed by atoms with van der Waals surface area (Å²) >= 11 is 3.37. The SMILES string of the molecule is CC(C)C(=O)Nc1ccc(CNC(=O)C(Br)C(C)C)cc1. The van der Waals surface area contributed by atoms with Gasteiger partial charge in [-0.25, -0.2) is 0 Å². The van der Waals surface area contributed by atoms with E-state index in [1.54, 1.807) is 0 Å². The lowest BCUT2D eigenvalue weighted by Crippen LogP contribution is -2.33. The molecular weight excluding hydrogens is 332 g/mol. The normalized spacial score (nSPS) is 12.3. The Bertz CT molecular complexity index is 484. The van der Waals surface area contributed by atoms with Crippen molar-refractivity contribution < 1.29 is 9.59 Å². The summed E-state index contributed by atoms with van der Waals surface area (Å²) in [6.45, 7) is 8.16. The first-order valence-corrected chi connectivity index (χ1v) is 8.04. The highest BCUT2D eigenvalue weighted by Crippen LogP contribution is 2.13. The highest BCUT2D eigenvalue weighted by atomic mass is 79.9. The van der Waals surface area contributed by atoms with Gasteiger partial charge in [0, 0.05) is 18.2 Å². The highest BCUT2D eigenvalue weighted by Gasteiger charge is 2.17. The Labute approximate surface area is 134 Å². The Morgan fingerprint density at radius 3 is 2.10 bits per heavy atom. The van der Waals surface area contributed by atoms with Crippen LogP contribution in [0, 0.1) is 11.8 Å². The van der Waals surface area contributed by atoms with E-state index < -0.39 is 0 Å². The summed E-state index contributed by atoms with van der Waals surface area (Å²) in [6.07, 6.45) is 0. The van der Waals surface area contributed by atoms with Crippen molar-refractivity contribution in [1.82, 2.24) is 5.32 Å². The van der Waals surface area contributed by atoms with E-state index in [-0.39, 0.29) is 28.5 Å². The molecule has 2 amide bonds. The van der Waals surface area contributed by atoms with Gasteiger partial charge in [0.15, 0.2) is 0 Å². The molecule has 1 rings (SSSR count). The van der Waals surface area contributed by atoms with Gasteiger partial charge in [-0.15, -0.1) is 0 Å². The molecule has 0 saturated carbocycles. The van der Waals surface area contributed by atoms with Crippen LogP contribution in [0.25, 0.3) is 0 Å². The number of halogens is 1. The van der Waals surface area contributed by atoms with Crippen LogP contribution in [0.5, 0.6) is 0 Å². The van der Waals surface area contributed by atoms with Gasteiger partial charge in [-0.1, -0.05) is 55.8 Å². The smallest absolute Gasteiger partial charge is 0.234 e. The third-order valence-electron chi connectivity index (χ3n) is 3.05. The van der Waals surface area contributed by atoms with E-state index >= 15 is 0 Å². The minimum Gasteiger partial charge on any atom is -0.351 e. The number of anilines is 1. The molecule has 1 aromatic rings. The largest absolute Gasteiger partial charge is 0.351 e. The average Bonchev–Trinajstić information content (AvgIpc) is 2.45. The molecule has 0 aliphatic carbocycles. The third kappa shape index (κ3) is 5.87. The summed E-state index contributed by atoms with van der Waals surface area (Å²) in [4.78, 5) is 23.2. The van der Waals surface area contributed by atoms with Crippen molar-refractivity contribution in [2.45, 2.75) is 39.1 Å². The standard InChI is InChI=1S/C16H23BrN2O2/c1-10(2)14(17)16(21)18-9-12-5-7-13(8-6-12)19-15(20)11(3)4/h5-8,10-11,14H,9H2,1-4H3,(H,18,21)(H,19,20). The second-order valence-electron chi connectivity index (χ2n) is 5.70. The number of hydrogen-bond acceptors (Lipinski definition) is 2. The van der Waals surface area contributed by atoms with Crippen LogP contribution < -0.4 is 10.6 Å². The minimum atomic E-state index is -0.179. The van der Waals surface area contributed by atoms with Gasteiger partial charge in [0.2, 0.25) is 11.8 Å². The molecule has 1 atom stereocenters. The number of alkyl halides is 1. The quantitative estimate of drug-likeness (QED) is 0.769. The van der Waals surface area contributed by atoms with Crippen LogP contribution in [0.2, 0.25) is 0 Å². The van der Waals surface area contributed by atoms with Crippen molar-refractivity contribution in [1.29, 1.82) is 0 Å². The molecule has 0 aliphatic heterocycles. The zero-order valence-corrected chi connectivity index (χ0v) is 14.5. The van der Waals surface area contributed by atoms with Gasteiger partial charge in [0.05, 0.1) is 4.83 Å². The van der Waals surface area contributed by atoms with Crippen LogP contribution in [0.15, 0.2) is 24.3 Å². The van der Waals surface area contributed by atoms with Crippen molar-refractivity contribution >= 4 is 33.4 Å². The van der Waals surface area contributed by atoms with Gasteiger partial charge < -0.3 is 10.6 Å². The fourth-order valence-corrected chi connectivity index (χ4v) is 1.74. The molecule has 0 heterocycles. The topological polar surface area (TPSA) is 58.2 Å². The summed E-state index contributed by atoms with van der Waals surface area (Å²) in [6, 6.07) is 7.48. The van der Waals surface area contributed by atoms with Crippen LogP contribution in [-0.4, -0.2) is 16.6 Å². The van der Waals surface area contributed by atoms with Gasteiger partial charge in [0.1, 0.15) is 0 Å². The number of nitrogens with one attached hydrogen (secondary N) is 2. The number of carbonyl (C=O) groups excluding carboxylic acids is 2. The van der Waals surface area contributed by atoms with Crippen molar-refractivity contribution in [2.75, 3.05) is 5.32 Å². The lowest BCUT2D eigenvalue weighted by molar-refractivity contribution is -0.121. The summed E-state index contributed by atoms with van der Waals surface area (Å²) in [7, 11) is 0. The van der Waals surface area contributed by atoms with Crippen LogP contribution in [-0.2, 0) is 16.1 Å². The van der Waals surface area contributed by atoms with Crippen molar-refractivity contribution in [3.05, 3.63) is 29.8 Å². The molecule has 0 spiro atoms. The average molecular weight is 355 g/mol. The van der Waals surface area contributed by atoms with Crippen LogP contribution in [0.1, 0.15) is 33.3 Å². The molecule has 21 heavy (non-hydrogen) atoms. The second kappa shape index (κ2) is 8.17. The maximum absolute atomic E-state index is 11.8. The molecule has 0 saturated heterocycles. The van der Waals surface area contributed by atoms with Gasteiger partial charge in [-0.2, -0.15) is 0 Å². The zero-order chi connectivity index (χ0) is 16.0. The van der Waals surface area contributed by atoms with Crippen LogP contribution in [0.3, 0.4) is 0 Å². The molecule has 116 valence electrons. The first kappa shape index (κ1) is 17.7. The van der Waals surface area contributed by atoms with E-state index in [1.165, 1.54) is 0 Å². The predicted molar refractivity (Wildman–Crippen MR) is 89.3 cm³/mol. The lowest BCUT2D eigenvalue weighted by atomic mass is 10.1. The Hall–Kier alpha value is -1.36. The van der Waals surface area contributed by atoms with Gasteiger partial charge in [0.25, 0.3) is 0 Å². The number of benzene rings is 1. The molecule has 0 bridgehead atoms. The first-order chi connectivity index (χ1) is 9.81. The first-order valence-electron chi connectivity index (χ1n) is 7.13. The molecule has 1 aromatic carbocycles. The number of amides is 2. The Morgan fingerprint density at radius 2 is 1.62 bits per heavy atom. The van der Waals surface area contributed by atoms with Gasteiger partial charge in [-0.05, 0) is 23.6 Å². The molecule has 0 aromatic heterocycles. The monoisotopic (exact) mass is 354 g/mol. The molecule has 0 fully saturated rings. The maximum Gasteiger partial charge on any atom is 0.234 e. The fourth-order valence-electron chi connectivity index (χ4n) is 1.58. The number of hydrogen-bond donors (Lipinski definition) is 2. The van der Waals surface area contributed by atoms with Crippen molar-refractivity contribution in [2.24, 2.45) is 11.8 Å². The summed E-state index contributed by atoms with van der Waals surface area (Å²) < 4.78 is 0. The third-order valence-corrected chi connectivity index (χ3v) is 4.52. The lowest BCUT2D eigenvalue weighted by Gasteiger charge is -2.14. The summed E-state index contributed by atoms with van der Waals surface area (Å²) in [5.41, 5.74) is 1.76. The van der Waals surface area contributed by atoms with E-state index in [2.05, 4.69) is 26.6 Å².